The molecule has 0 aromatic carbocycles. The van der Waals surface area contributed by atoms with Gasteiger partial charge in [-0.15, -0.1) is 0 Å². The maximum absolute atomic E-state index is 9.94. The van der Waals surface area contributed by atoms with Crippen LogP contribution in [-0.2, 0) is 11.3 Å². The standard InChI is InChI=1S/C3H11NO2SSi/c1-8(2,3)4-7(5)6/h4H,1-3H3,(H,5,6)/p-1. The fraction of sp³-hybridized carbons (Fsp3) is 1.00. The first-order valence-corrected chi connectivity index (χ1v) is 6.86. The molecule has 0 heterocycles. The second kappa shape index (κ2) is 2.72. The Bertz CT molecular complexity index is 99.9. The zero-order valence-electron chi connectivity index (χ0n) is 5.22. The summed E-state index contributed by atoms with van der Waals surface area (Å²) in [7, 11) is -1.58. The van der Waals surface area contributed by atoms with Gasteiger partial charge in [0.1, 0.15) is 8.24 Å². The number of rotatable bonds is 2. The predicted molar refractivity (Wildman–Crippen MR) is 35.4 cm³/mol. The lowest BCUT2D eigenvalue weighted by atomic mass is 11.8. The third kappa shape index (κ3) is 6.29. The highest BCUT2D eigenvalue weighted by Gasteiger charge is 2.10. The van der Waals surface area contributed by atoms with Crippen LogP contribution in [0.4, 0.5) is 0 Å². The van der Waals surface area contributed by atoms with E-state index >= 15 is 0 Å². The fourth-order valence-electron chi connectivity index (χ4n) is 0.250. The number of nitrogens with one attached hydrogen (secondary N) is 1. The quantitative estimate of drug-likeness (QED) is 0.454. The van der Waals surface area contributed by atoms with Gasteiger partial charge in [0.05, 0.1) is 0 Å². The van der Waals surface area contributed by atoms with E-state index in [4.69, 9.17) is 0 Å². The SMILES string of the molecule is C[Si](C)(C)NS(=O)[O-]. The highest BCUT2D eigenvalue weighted by Crippen LogP contribution is 1.92. The maximum atomic E-state index is 9.94. The highest BCUT2D eigenvalue weighted by atomic mass is 32.2. The van der Waals surface area contributed by atoms with Crippen LogP contribution in [0.25, 0.3) is 0 Å². The van der Waals surface area contributed by atoms with E-state index in [0.29, 0.717) is 0 Å². The molecule has 0 fully saturated rings. The highest BCUT2D eigenvalue weighted by molar-refractivity contribution is 7.78. The van der Waals surface area contributed by atoms with Crippen molar-refractivity contribution in [1.82, 2.24) is 4.39 Å². The second-order valence-corrected chi connectivity index (χ2v) is 8.37. The molecule has 1 N–H and O–H groups in total. The normalized spacial score (nSPS) is 16.0. The molecule has 0 spiro atoms. The maximum Gasteiger partial charge on any atom is 0.129 e. The van der Waals surface area contributed by atoms with Gasteiger partial charge in [0.15, 0.2) is 0 Å². The van der Waals surface area contributed by atoms with Crippen molar-refractivity contribution in [3.63, 3.8) is 0 Å². The molecule has 0 aromatic rings. The minimum atomic E-state index is -2.07. The lowest BCUT2D eigenvalue weighted by Crippen LogP contribution is -2.42. The molecule has 8 heavy (non-hydrogen) atoms. The summed E-state index contributed by atoms with van der Waals surface area (Å²) < 4.78 is 22.3. The number of hydrogen-bond acceptors (Lipinski definition) is 2. The van der Waals surface area contributed by atoms with Crippen LogP contribution in [0, 0.1) is 0 Å². The van der Waals surface area contributed by atoms with Crippen molar-refractivity contribution >= 4 is 19.5 Å². The Morgan fingerprint density at radius 2 is 1.88 bits per heavy atom. The monoisotopic (exact) mass is 152 g/mol. The van der Waals surface area contributed by atoms with Gasteiger partial charge in [-0.2, -0.15) is 0 Å². The van der Waals surface area contributed by atoms with Gasteiger partial charge >= 0.3 is 0 Å². The van der Waals surface area contributed by atoms with Crippen molar-refractivity contribution in [1.29, 1.82) is 0 Å². The Kier molecular flexibility index (Phi) is 2.82. The summed E-state index contributed by atoms with van der Waals surface area (Å²) >= 11 is -2.07. The predicted octanol–water partition coefficient (Wildman–Crippen LogP) is 0.205. The van der Waals surface area contributed by atoms with Crippen LogP contribution in [0.3, 0.4) is 0 Å². The van der Waals surface area contributed by atoms with Gasteiger partial charge in [-0.3, -0.25) is 8.60 Å². The van der Waals surface area contributed by atoms with Crippen LogP contribution in [0.15, 0.2) is 0 Å². The van der Waals surface area contributed by atoms with E-state index in [1.165, 1.54) is 0 Å². The summed E-state index contributed by atoms with van der Waals surface area (Å²) in [5.74, 6) is 0. The molecule has 0 aliphatic heterocycles. The molecule has 0 aromatic heterocycles. The molecule has 0 rings (SSSR count). The Balaban J connectivity index is 3.55. The van der Waals surface area contributed by atoms with Crippen molar-refractivity contribution in [3.8, 4) is 0 Å². The average Bonchev–Trinajstić information content (AvgIpc) is 1.21. The van der Waals surface area contributed by atoms with Crippen LogP contribution in [0.1, 0.15) is 0 Å². The zero-order chi connectivity index (χ0) is 6.78. The van der Waals surface area contributed by atoms with Crippen LogP contribution in [0.2, 0.25) is 19.6 Å². The molecular weight excluding hydrogens is 142 g/mol. The Morgan fingerprint density at radius 3 is 1.88 bits per heavy atom. The summed E-state index contributed by atoms with van der Waals surface area (Å²) in [4.78, 5) is 0. The van der Waals surface area contributed by atoms with Gasteiger partial charge in [0.2, 0.25) is 0 Å². The van der Waals surface area contributed by atoms with E-state index in [1.54, 1.807) is 0 Å². The smallest absolute Gasteiger partial charge is 0.129 e. The van der Waals surface area contributed by atoms with Gasteiger partial charge in [-0.05, 0) is 0 Å². The van der Waals surface area contributed by atoms with E-state index in [1.807, 2.05) is 19.6 Å². The lowest BCUT2D eigenvalue weighted by Gasteiger charge is -2.18. The third-order valence-corrected chi connectivity index (χ3v) is 3.51. The summed E-state index contributed by atoms with van der Waals surface area (Å²) in [5, 5.41) is 0. The molecule has 1 unspecified atom stereocenters. The minimum absolute atomic E-state index is 1.58. The van der Waals surface area contributed by atoms with Gasteiger partial charge in [-0.25, -0.2) is 0 Å². The van der Waals surface area contributed by atoms with Gasteiger partial charge < -0.3 is 4.55 Å². The van der Waals surface area contributed by atoms with E-state index < -0.39 is 19.5 Å². The Morgan fingerprint density at radius 1 is 1.50 bits per heavy atom. The molecule has 0 radical (unpaired) electrons. The summed E-state index contributed by atoms with van der Waals surface area (Å²) in [6, 6.07) is 0. The first-order valence-electron chi connectivity index (χ1n) is 2.29. The molecular formula is C3H10NO2SSi-. The summed E-state index contributed by atoms with van der Waals surface area (Å²) in [6.45, 7) is 5.76. The van der Waals surface area contributed by atoms with E-state index in [9.17, 15) is 8.76 Å². The second-order valence-electron chi connectivity index (χ2n) is 2.59. The molecule has 50 valence electrons. The zero-order valence-corrected chi connectivity index (χ0v) is 7.04. The average molecular weight is 152 g/mol. The molecule has 0 saturated carbocycles. The molecule has 0 amide bonds. The Labute approximate surface area is 53.0 Å². The van der Waals surface area contributed by atoms with Crippen molar-refractivity contribution < 1.29 is 8.76 Å². The van der Waals surface area contributed by atoms with Crippen molar-refractivity contribution in [2.75, 3.05) is 0 Å². The minimum Gasteiger partial charge on any atom is -0.760 e. The van der Waals surface area contributed by atoms with Crippen LogP contribution in [0.5, 0.6) is 0 Å². The van der Waals surface area contributed by atoms with Gasteiger partial charge in [0.25, 0.3) is 0 Å². The lowest BCUT2D eigenvalue weighted by molar-refractivity contribution is 0.533. The molecule has 0 aliphatic carbocycles. The fourth-order valence-corrected chi connectivity index (χ4v) is 2.25. The molecule has 0 aliphatic rings. The largest absolute Gasteiger partial charge is 0.760 e. The van der Waals surface area contributed by atoms with Gasteiger partial charge in [0, 0.05) is 11.3 Å². The van der Waals surface area contributed by atoms with E-state index in [-0.39, 0.29) is 0 Å². The number of hydrogen-bond donors (Lipinski definition) is 1. The van der Waals surface area contributed by atoms with Crippen LogP contribution >= 0.6 is 0 Å². The van der Waals surface area contributed by atoms with E-state index in [2.05, 4.69) is 4.39 Å². The Hall–Kier alpha value is 0.287. The van der Waals surface area contributed by atoms with E-state index in [0.717, 1.165) is 0 Å². The third-order valence-electron chi connectivity index (χ3n) is 0.390. The molecule has 0 bridgehead atoms. The van der Waals surface area contributed by atoms with Gasteiger partial charge in [-0.1, -0.05) is 19.6 Å². The topological polar surface area (TPSA) is 52.2 Å². The summed E-state index contributed by atoms with van der Waals surface area (Å²) in [5.41, 5.74) is 0. The van der Waals surface area contributed by atoms with Crippen molar-refractivity contribution in [2.45, 2.75) is 19.6 Å². The molecule has 0 saturated heterocycles. The molecule has 1 atom stereocenters. The molecule has 3 nitrogen and oxygen atoms in total. The first-order chi connectivity index (χ1) is 3.42. The van der Waals surface area contributed by atoms with Crippen molar-refractivity contribution in [2.24, 2.45) is 0 Å². The van der Waals surface area contributed by atoms with Crippen LogP contribution in [-0.4, -0.2) is 17.0 Å². The summed E-state index contributed by atoms with van der Waals surface area (Å²) in [6.07, 6.45) is 0. The first kappa shape index (κ1) is 8.29. The van der Waals surface area contributed by atoms with Crippen LogP contribution < -0.4 is 4.39 Å². The van der Waals surface area contributed by atoms with Crippen molar-refractivity contribution in [3.05, 3.63) is 0 Å². The molecule has 5 heteroatoms.